The highest BCUT2D eigenvalue weighted by Gasteiger charge is 2.33. The van der Waals surface area contributed by atoms with Crippen molar-refractivity contribution in [2.24, 2.45) is 5.92 Å². The van der Waals surface area contributed by atoms with Crippen LogP contribution in [0.5, 0.6) is 0 Å². The van der Waals surface area contributed by atoms with Gasteiger partial charge in [0.25, 0.3) is 5.91 Å². The van der Waals surface area contributed by atoms with Crippen molar-refractivity contribution in [1.29, 1.82) is 0 Å². The third-order valence-corrected chi connectivity index (χ3v) is 7.43. The molecule has 33 heavy (non-hydrogen) atoms. The fourth-order valence-electron chi connectivity index (χ4n) is 4.18. The van der Waals surface area contributed by atoms with Gasteiger partial charge in [0.15, 0.2) is 0 Å². The van der Waals surface area contributed by atoms with E-state index in [2.05, 4.69) is 48.0 Å². The van der Waals surface area contributed by atoms with E-state index in [-0.39, 0.29) is 11.8 Å². The van der Waals surface area contributed by atoms with Crippen molar-refractivity contribution in [2.45, 2.75) is 53.6 Å². The van der Waals surface area contributed by atoms with Gasteiger partial charge in [-0.05, 0) is 62.6 Å². The van der Waals surface area contributed by atoms with E-state index in [0.717, 1.165) is 28.3 Å². The van der Waals surface area contributed by atoms with Crippen LogP contribution in [0, 0.1) is 12.8 Å². The summed E-state index contributed by atoms with van der Waals surface area (Å²) in [6, 6.07) is 10.3. The van der Waals surface area contributed by atoms with Crippen LogP contribution in [0.2, 0.25) is 5.02 Å². The minimum Gasteiger partial charge on any atom is -0.343 e. The van der Waals surface area contributed by atoms with Crippen LogP contribution >= 0.6 is 35.6 Å². The van der Waals surface area contributed by atoms with E-state index in [1.54, 1.807) is 17.3 Å². The number of hydrogen-bond donors (Lipinski definition) is 0. The molecule has 7 heteroatoms. The Labute approximate surface area is 211 Å². The molecule has 0 aliphatic carbocycles. The molecular weight excluding hydrogens is 470 g/mol. The quantitative estimate of drug-likeness (QED) is 0.330. The van der Waals surface area contributed by atoms with Crippen LogP contribution in [0.25, 0.3) is 0 Å². The Morgan fingerprint density at radius 3 is 2.67 bits per heavy atom. The average Bonchev–Trinajstić information content (AvgIpc) is 3.05. The molecule has 4 nitrogen and oxygen atoms in total. The molecule has 2 atom stereocenters. The van der Waals surface area contributed by atoms with E-state index in [9.17, 15) is 4.79 Å². The predicted octanol–water partition coefficient (Wildman–Crippen LogP) is 7.13. The van der Waals surface area contributed by atoms with Crippen molar-refractivity contribution in [1.82, 2.24) is 9.88 Å². The summed E-state index contributed by atoms with van der Waals surface area (Å²) in [5.41, 5.74) is 4.35. The van der Waals surface area contributed by atoms with E-state index >= 15 is 0 Å². The molecule has 0 N–H and O–H groups in total. The van der Waals surface area contributed by atoms with Crippen LogP contribution in [0.15, 0.2) is 65.5 Å². The molecule has 0 spiro atoms. The fraction of sp³-hybridized carbons (Fsp3) is 0.346. The van der Waals surface area contributed by atoms with Crippen molar-refractivity contribution in [3.63, 3.8) is 0 Å². The van der Waals surface area contributed by atoms with E-state index in [0.29, 0.717) is 21.8 Å². The number of thioether (sulfide) groups is 1. The molecule has 0 radical (unpaired) electrons. The number of aromatic nitrogens is 1. The summed E-state index contributed by atoms with van der Waals surface area (Å²) in [4.78, 5) is 21.8. The highest BCUT2D eigenvalue weighted by molar-refractivity contribution is 8.26. The molecule has 174 valence electrons. The summed E-state index contributed by atoms with van der Waals surface area (Å²) in [6.07, 6.45) is 8.72. The zero-order valence-electron chi connectivity index (χ0n) is 19.7. The minimum absolute atomic E-state index is 0.0201. The molecule has 2 aliphatic rings. The Kier molecular flexibility index (Phi) is 8.74. The Hall–Kier alpha value is -2.15. The molecule has 1 fully saturated rings. The second-order valence-corrected chi connectivity index (χ2v) is 10.1. The lowest BCUT2D eigenvalue weighted by molar-refractivity contribution is -0.122. The third kappa shape index (κ3) is 5.86. The van der Waals surface area contributed by atoms with E-state index < -0.39 is 0 Å². The number of halogens is 1. The normalized spacial score (nSPS) is 21.8. The highest BCUT2D eigenvalue weighted by Crippen LogP contribution is 2.37. The average molecular weight is 500 g/mol. The first-order chi connectivity index (χ1) is 15.8. The number of benzene rings is 1. The van der Waals surface area contributed by atoms with E-state index in [1.807, 2.05) is 39.0 Å². The molecule has 2 unspecified atom stereocenters. The maximum atomic E-state index is 13.0. The number of aryl methyl sites for hydroxylation is 1. The van der Waals surface area contributed by atoms with Gasteiger partial charge >= 0.3 is 0 Å². The molecule has 0 saturated carbocycles. The van der Waals surface area contributed by atoms with Gasteiger partial charge in [-0.1, -0.05) is 67.6 Å². The van der Waals surface area contributed by atoms with Crippen LogP contribution in [-0.4, -0.2) is 26.2 Å². The maximum absolute atomic E-state index is 13.0. The van der Waals surface area contributed by atoms with Crippen LogP contribution in [-0.2, 0) is 11.3 Å². The molecule has 0 bridgehead atoms. The van der Waals surface area contributed by atoms with Gasteiger partial charge < -0.3 is 4.90 Å². The van der Waals surface area contributed by atoms with Crippen molar-refractivity contribution >= 4 is 51.5 Å². The number of pyridine rings is 1. The monoisotopic (exact) mass is 499 g/mol. The zero-order valence-corrected chi connectivity index (χ0v) is 22.1. The number of allylic oxidation sites excluding steroid dienone is 3. The Bertz CT molecular complexity index is 1080. The lowest BCUT2D eigenvalue weighted by Crippen LogP contribution is -2.36. The van der Waals surface area contributed by atoms with Crippen molar-refractivity contribution < 1.29 is 4.79 Å². The maximum Gasteiger partial charge on any atom is 0.266 e. The van der Waals surface area contributed by atoms with Crippen molar-refractivity contribution in [3.05, 3.63) is 81.6 Å². The lowest BCUT2D eigenvalue weighted by Gasteiger charge is -2.38. The summed E-state index contributed by atoms with van der Waals surface area (Å²) in [7, 11) is 0. The lowest BCUT2D eigenvalue weighted by atomic mass is 9.92. The van der Waals surface area contributed by atoms with Crippen LogP contribution in [0.1, 0.15) is 45.2 Å². The first-order valence-electron chi connectivity index (χ1n) is 11.2. The molecule has 1 aromatic carbocycles. The van der Waals surface area contributed by atoms with Gasteiger partial charge in [-0.25, -0.2) is 0 Å². The SMILES string of the molecule is CC.CC1=CC(/C=C2\SC(=S)N(Cc3cccnc3)C2=O)CC(C)N1c1ccc(Cl)c(C)c1. The van der Waals surface area contributed by atoms with Crippen molar-refractivity contribution in [2.75, 3.05) is 4.90 Å². The van der Waals surface area contributed by atoms with Crippen LogP contribution in [0.3, 0.4) is 0 Å². The topological polar surface area (TPSA) is 36.4 Å². The van der Waals surface area contributed by atoms with Gasteiger partial charge in [-0.2, -0.15) is 0 Å². The molecule has 3 heterocycles. The van der Waals surface area contributed by atoms with Crippen LogP contribution < -0.4 is 4.90 Å². The summed E-state index contributed by atoms with van der Waals surface area (Å²) in [5.74, 6) is 0.167. The molecule has 4 rings (SSSR count). The summed E-state index contributed by atoms with van der Waals surface area (Å²) < 4.78 is 0.600. The molecule has 1 aromatic heterocycles. The smallest absolute Gasteiger partial charge is 0.266 e. The Balaban J connectivity index is 0.00000149. The second kappa shape index (κ2) is 11.3. The van der Waals surface area contributed by atoms with Crippen LogP contribution in [0.4, 0.5) is 5.69 Å². The minimum atomic E-state index is -0.0201. The summed E-state index contributed by atoms with van der Waals surface area (Å²) >= 11 is 13.1. The number of thiocarbonyl (C=S) groups is 1. The number of rotatable bonds is 4. The largest absolute Gasteiger partial charge is 0.343 e. The number of nitrogens with zero attached hydrogens (tertiary/aromatic N) is 3. The molecule has 2 aromatic rings. The number of carbonyl (C=O) groups is 1. The predicted molar refractivity (Wildman–Crippen MR) is 144 cm³/mol. The molecular formula is C26H30ClN3OS2. The van der Waals surface area contributed by atoms with Gasteiger partial charge in [0.1, 0.15) is 4.32 Å². The summed E-state index contributed by atoms with van der Waals surface area (Å²) in [5, 5.41) is 0.779. The molecule has 1 saturated heterocycles. The number of anilines is 1. The molecule has 2 aliphatic heterocycles. The van der Waals surface area contributed by atoms with E-state index in [1.165, 1.54) is 17.5 Å². The van der Waals surface area contributed by atoms with Gasteiger partial charge in [0.05, 0.1) is 11.4 Å². The van der Waals surface area contributed by atoms with Gasteiger partial charge in [-0.15, -0.1) is 0 Å². The van der Waals surface area contributed by atoms with Gasteiger partial charge in [0.2, 0.25) is 0 Å². The standard InChI is InChI=1S/C24H24ClN3OS2.C2H6/c1-15-9-20(6-7-21(15)25)28-16(2)10-19(11-17(28)3)12-22-23(29)27(24(30)31-22)14-18-5-4-8-26-13-18;1-2/h4-10,12-13,17,19H,11,14H2,1-3H3;1-2H3/b22-12-;. The van der Waals surface area contributed by atoms with Crippen molar-refractivity contribution in [3.8, 4) is 0 Å². The number of amides is 1. The summed E-state index contributed by atoms with van der Waals surface area (Å²) in [6.45, 7) is 10.8. The number of carbonyl (C=O) groups excluding carboxylic acids is 1. The fourth-order valence-corrected chi connectivity index (χ4v) is 5.60. The zero-order chi connectivity index (χ0) is 24.1. The first-order valence-corrected chi connectivity index (χ1v) is 12.8. The molecule has 1 amide bonds. The van der Waals surface area contributed by atoms with Gasteiger partial charge in [-0.3, -0.25) is 14.7 Å². The van der Waals surface area contributed by atoms with Gasteiger partial charge in [0, 0.05) is 40.8 Å². The third-order valence-electron chi connectivity index (χ3n) is 5.61. The Morgan fingerprint density at radius 1 is 1.27 bits per heavy atom. The second-order valence-electron chi connectivity index (χ2n) is 8.01. The number of hydrogen-bond acceptors (Lipinski definition) is 5. The highest BCUT2D eigenvalue weighted by atomic mass is 35.5. The Morgan fingerprint density at radius 2 is 2.03 bits per heavy atom. The van der Waals surface area contributed by atoms with E-state index in [4.69, 9.17) is 23.8 Å². The first kappa shape index (κ1) is 25.5.